The zero-order chi connectivity index (χ0) is 10.4. The van der Waals surface area contributed by atoms with Gasteiger partial charge in [0.15, 0.2) is 0 Å². The lowest BCUT2D eigenvalue weighted by atomic mass is 10.3. The summed E-state index contributed by atoms with van der Waals surface area (Å²) in [6.07, 6.45) is 2.07. The van der Waals surface area contributed by atoms with E-state index in [9.17, 15) is 0 Å². The number of aliphatic hydroxyl groups excluding tert-OH is 1. The van der Waals surface area contributed by atoms with Gasteiger partial charge in [0, 0.05) is 23.7 Å². The van der Waals surface area contributed by atoms with E-state index in [-0.39, 0.29) is 6.61 Å². The van der Waals surface area contributed by atoms with Crippen molar-refractivity contribution in [3.63, 3.8) is 0 Å². The van der Waals surface area contributed by atoms with E-state index in [1.165, 1.54) is 10.6 Å². The zero-order valence-corrected chi connectivity index (χ0v) is 9.55. The molecule has 0 saturated carbocycles. The number of rotatable bonds is 5. The van der Waals surface area contributed by atoms with Crippen LogP contribution in [0.25, 0.3) is 0 Å². The van der Waals surface area contributed by atoms with Crippen molar-refractivity contribution >= 4 is 17.4 Å². The highest BCUT2D eigenvalue weighted by Crippen LogP contribution is 2.21. The Labute approximate surface area is 89.9 Å². The van der Waals surface area contributed by atoms with Crippen LogP contribution in [0.15, 0.2) is 29.2 Å². The number of nitrogens with zero attached hydrogens (tertiary/aromatic N) is 1. The molecule has 0 atom stereocenters. The van der Waals surface area contributed by atoms with Crippen LogP contribution >= 0.6 is 11.8 Å². The van der Waals surface area contributed by atoms with Crippen molar-refractivity contribution in [2.24, 2.45) is 0 Å². The molecule has 0 fully saturated rings. The van der Waals surface area contributed by atoms with Gasteiger partial charge in [-0.1, -0.05) is 6.07 Å². The largest absolute Gasteiger partial charge is 0.395 e. The summed E-state index contributed by atoms with van der Waals surface area (Å²) >= 11 is 1.74. The van der Waals surface area contributed by atoms with Gasteiger partial charge in [-0.05, 0) is 31.4 Å². The van der Waals surface area contributed by atoms with Crippen LogP contribution in [-0.4, -0.2) is 31.1 Å². The Hall–Kier alpha value is -0.670. The van der Waals surface area contributed by atoms with Crippen LogP contribution in [0.3, 0.4) is 0 Å². The lowest BCUT2D eigenvalue weighted by Crippen LogP contribution is -2.25. The maximum atomic E-state index is 8.91. The number of benzene rings is 1. The summed E-state index contributed by atoms with van der Waals surface area (Å²) in [5.41, 5.74) is 1.19. The third-order valence-corrected chi connectivity index (χ3v) is 2.90. The first-order valence-corrected chi connectivity index (χ1v) is 6.04. The summed E-state index contributed by atoms with van der Waals surface area (Å²) in [4.78, 5) is 3.43. The highest BCUT2D eigenvalue weighted by atomic mass is 32.2. The Morgan fingerprint density at radius 3 is 2.79 bits per heavy atom. The number of anilines is 1. The lowest BCUT2D eigenvalue weighted by molar-refractivity contribution is 0.302. The van der Waals surface area contributed by atoms with Crippen molar-refractivity contribution < 1.29 is 5.11 Å². The minimum atomic E-state index is 0.206. The van der Waals surface area contributed by atoms with Gasteiger partial charge in [-0.3, -0.25) is 0 Å². The predicted octanol–water partition coefficient (Wildman–Crippen LogP) is 2.23. The van der Waals surface area contributed by atoms with Crippen LogP contribution in [0.1, 0.15) is 6.92 Å². The molecule has 3 heteroatoms. The van der Waals surface area contributed by atoms with E-state index < -0.39 is 0 Å². The lowest BCUT2D eigenvalue weighted by Gasteiger charge is -2.22. The molecule has 0 spiro atoms. The molecule has 1 aromatic carbocycles. The molecule has 0 aliphatic heterocycles. The first kappa shape index (κ1) is 11.4. The van der Waals surface area contributed by atoms with Gasteiger partial charge in [0.25, 0.3) is 0 Å². The highest BCUT2D eigenvalue weighted by Gasteiger charge is 2.03. The summed E-state index contributed by atoms with van der Waals surface area (Å²) in [5, 5.41) is 8.91. The number of thioether (sulfide) groups is 1. The van der Waals surface area contributed by atoms with Crippen LogP contribution in [0, 0.1) is 0 Å². The average Bonchev–Trinajstić information content (AvgIpc) is 2.26. The Kier molecular flexibility index (Phi) is 4.84. The average molecular weight is 211 g/mol. The maximum absolute atomic E-state index is 8.91. The fourth-order valence-corrected chi connectivity index (χ4v) is 1.85. The van der Waals surface area contributed by atoms with Crippen LogP contribution in [0.5, 0.6) is 0 Å². The maximum Gasteiger partial charge on any atom is 0.0606 e. The Morgan fingerprint density at radius 1 is 1.43 bits per heavy atom. The third kappa shape index (κ3) is 2.93. The minimum absolute atomic E-state index is 0.206. The summed E-state index contributed by atoms with van der Waals surface area (Å²) in [6.45, 7) is 3.94. The van der Waals surface area contributed by atoms with Crippen molar-refractivity contribution in [2.75, 3.05) is 30.9 Å². The summed E-state index contributed by atoms with van der Waals surface area (Å²) in [6, 6.07) is 8.39. The van der Waals surface area contributed by atoms with E-state index in [2.05, 4.69) is 42.3 Å². The molecular formula is C11H17NOS. The first-order chi connectivity index (χ1) is 6.81. The van der Waals surface area contributed by atoms with E-state index in [0.29, 0.717) is 6.54 Å². The molecule has 1 rings (SSSR count). The fourth-order valence-electron chi connectivity index (χ4n) is 1.40. The molecule has 0 saturated heterocycles. The Morgan fingerprint density at radius 2 is 2.21 bits per heavy atom. The summed E-state index contributed by atoms with van der Waals surface area (Å²) in [5.74, 6) is 0. The van der Waals surface area contributed by atoms with E-state index in [4.69, 9.17) is 5.11 Å². The molecule has 0 unspecified atom stereocenters. The molecule has 0 radical (unpaired) electrons. The van der Waals surface area contributed by atoms with Crippen molar-refractivity contribution in [1.82, 2.24) is 0 Å². The second-order valence-corrected chi connectivity index (χ2v) is 3.88. The zero-order valence-electron chi connectivity index (χ0n) is 8.73. The predicted molar refractivity (Wildman–Crippen MR) is 63.2 cm³/mol. The molecule has 0 heterocycles. The van der Waals surface area contributed by atoms with Gasteiger partial charge in [0.1, 0.15) is 0 Å². The van der Waals surface area contributed by atoms with Crippen molar-refractivity contribution in [3.8, 4) is 0 Å². The van der Waals surface area contributed by atoms with Crippen LogP contribution in [0.2, 0.25) is 0 Å². The molecule has 0 bridgehead atoms. The van der Waals surface area contributed by atoms with Crippen molar-refractivity contribution in [2.45, 2.75) is 11.8 Å². The molecule has 2 nitrogen and oxygen atoms in total. The van der Waals surface area contributed by atoms with Gasteiger partial charge >= 0.3 is 0 Å². The first-order valence-electron chi connectivity index (χ1n) is 4.81. The number of aliphatic hydroxyl groups is 1. The number of likely N-dealkylation sites (N-methyl/N-ethyl adjacent to an activating group) is 1. The van der Waals surface area contributed by atoms with Gasteiger partial charge < -0.3 is 10.0 Å². The smallest absolute Gasteiger partial charge is 0.0606 e. The Bertz CT molecular complexity index is 278. The quantitative estimate of drug-likeness (QED) is 0.755. The third-order valence-electron chi connectivity index (χ3n) is 2.17. The fraction of sp³-hybridized carbons (Fsp3) is 0.455. The van der Waals surface area contributed by atoms with E-state index in [0.717, 1.165) is 6.54 Å². The monoisotopic (exact) mass is 211 g/mol. The van der Waals surface area contributed by atoms with E-state index in [1.54, 1.807) is 11.8 Å². The van der Waals surface area contributed by atoms with Crippen LogP contribution in [0.4, 0.5) is 5.69 Å². The number of hydrogen-bond donors (Lipinski definition) is 1. The van der Waals surface area contributed by atoms with Gasteiger partial charge in [-0.2, -0.15) is 0 Å². The highest BCUT2D eigenvalue weighted by molar-refractivity contribution is 7.98. The van der Waals surface area contributed by atoms with E-state index in [1.807, 2.05) is 0 Å². The molecule has 0 aliphatic rings. The minimum Gasteiger partial charge on any atom is -0.395 e. The van der Waals surface area contributed by atoms with Gasteiger partial charge in [0.2, 0.25) is 0 Å². The van der Waals surface area contributed by atoms with E-state index >= 15 is 0 Å². The molecule has 1 aromatic rings. The topological polar surface area (TPSA) is 23.5 Å². The van der Waals surface area contributed by atoms with Crippen molar-refractivity contribution in [1.29, 1.82) is 0 Å². The van der Waals surface area contributed by atoms with Gasteiger partial charge in [-0.25, -0.2) is 0 Å². The van der Waals surface area contributed by atoms with Crippen molar-refractivity contribution in [3.05, 3.63) is 24.3 Å². The second kappa shape index (κ2) is 5.94. The molecule has 0 aliphatic carbocycles. The second-order valence-electron chi connectivity index (χ2n) is 3.00. The summed E-state index contributed by atoms with van der Waals surface area (Å²) in [7, 11) is 0. The SMILES string of the molecule is CCN(CCO)c1cccc(SC)c1. The molecule has 1 N–H and O–H groups in total. The molecule has 0 amide bonds. The molecule has 78 valence electrons. The van der Waals surface area contributed by atoms with Gasteiger partial charge in [0.05, 0.1) is 6.61 Å². The molecule has 0 aromatic heterocycles. The summed E-state index contributed by atoms with van der Waals surface area (Å²) < 4.78 is 0. The molecule has 14 heavy (non-hydrogen) atoms. The standard InChI is InChI=1S/C11H17NOS/c1-3-12(7-8-13)10-5-4-6-11(9-10)14-2/h4-6,9,13H,3,7-8H2,1-2H3. The normalized spacial score (nSPS) is 10.2. The van der Waals surface area contributed by atoms with Gasteiger partial charge in [-0.15, -0.1) is 11.8 Å². The van der Waals surface area contributed by atoms with Crippen LogP contribution < -0.4 is 4.90 Å². The van der Waals surface area contributed by atoms with Crippen LogP contribution in [-0.2, 0) is 0 Å². The Balaban J connectivity index is 2.80. The molecular weight excluding hydrogens is 194 g/mol. The number of hydrogen-bond acceptors (Lipinski definition) is 3.